The smallest absolute Gasteiger partial charge is 0.306 e. The molecule has 1 amide bonds. The maximum Gasteiger partial charge on any atom is 0.306 e. The van der Waals surface area contributed by atoms with Gasteiger partial charge in [-0.2, -0.15) is 0 Å². The van der Waals surface area contributed by atoms with Crippen molar-refractivity contribution in [1.29, 1.82) is 0 Å². The normalized spacial score (nSPS) is 13.9. The van der Waals surface area contributed by atoms with Gasteiger partial charge in [0.15, 0.2) is 0 Å². The molecule has 0 saturated heterocycles. The number of ether oxygens (including phenoxy) is 1. The number of hydrogen-bond acceptors (Lipinski definition) is 7. The third-order valence-electron chi connectivity index (χ3n) is 15.3. The van der Waals surface area contributed by atoms with E-state index < -0.39 is 26.6 Å². The average molecular weight is 1130 g/mol. The van der Waals surface area contributed by atoms with Gasteiger partial charge in [0, 0.05) is 12.8 Å². The first-order valence-electron chi connectivity index (χ1n) is 33.9. The fourth-order valence-electron chi connectivity index (χ4n) is 10.1. The van der Waals surface area contributed by atoms with Crippen LogP contribution in [0.25, 0.3) is 0 Å². The molecule has 0 rings (SSSR count). The summed E-state index contributed by atoms with van der Waals surface area (Å²) in [5.41, 5.74) is 0. The molecule has 464 valence electrons. The summed E-state index contributed by atoms with van der Waals surface area (Å²) in [5, 5.41) is 3.03. The predicted octanol–water partition coefficient (Wildman–Crippen LogP) is 20.6. The molecule has 10 heteroatoms. The summed E-state index contributed by atoms with van der Waals surface area (Å²) in [5.74, 6) is -0.554. The molecule has 79 heavy (non-hydrogen) atoms. The quantitative estimate of drug-likeness (QED) is 0.0212. The Morgan fingerprint density at radius 2 is 0.810 bits per heavy atom. The molecule has 3 atom stereocenters. The molecular formula is C69H131N2O7P. The van der Waals surface area contributed by atoms with E-state index in [0.717, 1.165) is 83.5 Å². The minimum absolute atomic E-state index is 0.0249. The van der Waals surface area contributed by atoms with Crippen molar-refractivity contribution in [3.8, 4) is 0 Å². The summed E-state index contributed by atoms with van der Waals surface area (Å²) in [4.78, 5) is 40.0. The van der Waals surface area contributed by atoms with Crippen LogP contribution in [-0.2, 0) is 27.9 Å². The largest absolute Gasteiger partial charge is 0.756 e. The van der Waals surface area contributed by atoms with Crippen molar-refractivity contribution in [1.82, 2.24) is 5.32 Å². The van der Waals surface area contributed by atoms with Crippen LogP contribution in [0, 0.1) is 0 Å². The number of amides is 1. The molecule has 0 aromatic carbocycles. The lowest BCUT2D eigenvalue weighted by molar-refractivity contribution is -0.870. The van der Waals surface area contributed by atoms with Gasteiger partial charge in [0.1, 0.15) is 19.3 Å². The maximum atomic E-state index is 13.6. The van der Waals surface area contributed by atoms with Crippen LogP contribution >= 0.6 is 7.82 Å². The Hall–Kier alpha value is -2.03. The molecule has 0 fully saturated rings. The van der Waals surface area contributed by atoms with Gasteiger partial charge in [-0.25, -0.2) is 0 Å². The van der Waals surface area contributed by atoms with Gasteiger partial charge in [-0.3, -0.25) is 14.2 Å². The fourth-order valence-corrected chi connectivity index (χ4v) is 10.8. The van der Waals surface area contributed by atoms with Crippen LogP contribution in [0.1, 0.15) is 329 Å². The second kappa shape index (κ2) is 59.1. The second-order valence-electron chi connectivity index (χ2n) is 24.3. The Morgan fingerprint density at radius 3 is 1.22 bits per heavy atom. The standard InChI is InChI=1S/C69H131N2O7P/c1-7-10-13-16-19-22-25-28-30-31-32-33-34-35-36-37-38-39-40-41-42-43-46-49-52-55-58-61-68(72)70-66(65-77-79(74,75)76-64-63-71(4,5)6)67(60-57-54-51-48-45-27-24-21-18-15-12-9-3)78-69(73)62-59-56-53-50-47-44-29-26-23-20-17-14-11-8-2/h11,14,20,23,29,44,57,60,66-67H,7-10,12-13,15-19,21-22,24-28,30-43,45-56,58-59,61-65H2,1-6H3,(H-,70,72,74,75)/b14-11+,23-20+,44-29+,60-57-. The number of carbonyl (C=O) groups excluding carboxylic acids is 2. The summed E-state index contributed by atoms with van der Waals surface area (Å²) < 4.78 is 30.3. The molecule has 0 aliphatic rings. The van der Waals surface area contributed by atoms with Gasteiger partial charge in [0.05, 0.1) is 33.8 Å². The molecule has 0 heterocycles. The molecule has 0 saturated carbocycles. The fraction of sp³-hybridized carbons (Fsp3) is 0.855. The molecular weight excluding hydrogens is 1000 g/mol. The maximum absolute atomic E-state index is 13.6. The van der Waals surface area contributed by atoms with E-state index >= 15 is 0 Å². The van der Waals surface area contributed by atoms with E-state index in [1.54, 1.807) is 0 Å². The zero-order valence-corrected chi connectivity index (χ0v) is 54.0. The molecule has 0 bridgehead atoms. The van der Waals surface area contributed by atoms with Crippen molar-refractivity contribution in [3.63, 3.8) is 0 Å². The van der Waals surface area contributed by atoms with E-state index in [1.165, 1.54) is 205 Å². The number of rotatable bonds is 62. The van der Waals surface area contributed by atoms with Crippen molar-refractivity contribution < 1.29 is 37.3 Å². The number of nitrogens with one attached hydrogen (secondary N) is 1. The number of hydrogen-bond donors (Lipinski definition) is 1. The molecule has 0 aromatic rings. The Bertz CT molecular complexity index is 1490. The van der Waals surface area contributed by atoms with Crippen LogP contribution in [0.4, 0.5) is 0 Å². The van der Waals surface area contributed by atoms with Crippen LogP contribution in [-0.4, -0.2) is 69.4 Å². The van der Waals surface area contributed by atoms with Crippen molar-refractivity contribution in [2.24, 2.45) is 0 Å². The molecule has 0 radical (unpaired) electrons. The van der Waals surface area contributed by atoms with Crippen LogP contribution in [0.2, 0.25) is 0 Å². The third-order valence-corrected chi connectivity index (χ3v) is 16.2. The highest BCUT2D eigenvalue weighted by Gasteiger charge is 2.27. The second-order valence-corrected chi connectivity index (χ2v) is 25.7. The van der Waals surface area contributed by atoms with Gasteiger partial charge in [0.2, 0.25) is 5.91 Å². The van der Waals surface area contributed by atoms with Crippen molar-refractivity contribution in [3.05, 3.63) is 48.6 Å². The molecule has 1 N–H and O–H groups in total. The van der Waals surface area contributed by atoms with E-state index in [-0.39, 0.29) is 24.9 Å². The van der Waals surface area contributed by atoms with Gasteiger partial charge < -0.3 is 28.5 Å². The van der Waals surface area contributed by atoms with E-state index in [9.17, 15) is 19.0 Å². The lowest BCUT2D eigenvalue weighted by atomic mass is 10.0. The number of nitrogens with zero attached hydrogens (tertiary/aromatic N) is 1. The van der Waals surface area contributed by atoms with E-state index in [0.29, 0.717) is 23.9 Å². The number of likely N-dealkylation sites (N-methyl/N-ethyl adjacent to an activating group) is 1. The molecule has 0 aromatic heterocycles. The van der Waals surface area contributed by atoms with Gasteiger partial charge in [-0.15, -0.1) is 0 Å². The number of esters is 1. The molecule has 0 aliphatic carbocycles. The first-order chi connectivity index (χ1) is 38.4. The Labute approximate surface area is 490 Å². The van der Waals surface area contributed by atoms with Crippen LogP contribution in [0.15, 0.2) is 48.6 Å². The predicted molar refractivity (Wildman–Crippen MR) is 339 cm³/mol. The van der Waals surface area contributed by atoms with Gasteiger partial charge in [-0.05, 0) is 63.9 Å². The minimum Gasteiger partial charge on any atom is -0.756 e. The number of quaternary nitrogens is 1. The zero-order chi connectivity index (χ0) is 57.9. The first-order valence-corrected chi connectivity index (χ1v) is 35.4. The summed E-state index contributed by atoms with van der Waals surface area (Å²) >= 11 is 0. The Balaban J connectivity index is 4.98. The number of unbranched alkanes of at least 4 members (excludes halogenated alkanes) is 40. The van der Waals surface area contributed by atoms with Crippen LogP contribution in [0.3, 0.4) is 0 Å². The van der Waals surface area contributed by atoms with Gasteiger partial charge in [0.25, 0.3) is 7.82 Å². The topological polar surface area (TPSA) is 114 Å². The Morgan fingerprint density at radius 1 is 0.456 bits per heavy atom. The van der Waals surface area contributed by atoms with Crippen LogP contribution < -0.4 is 10.2 Å². The summed E-state index contributed by atoms with van der Waals surface area (Å²) in [6, 6.07) is -0.895. The number of phosphoric acid groups is 1. The SMILES string of the molecule is CC/C=C/C/C=C/C/C=C/CCCCCCC(=O)OC(/C=C\CCCCCCCCCCCC)C(COP(=O)([O-])OCC[N+](C)(C)C)NC(=O)CCCCCCCCCCCCCCCCCCCCCCCCCCCCC. The third kappa shape index (κ3) is 60.4. The number of carbonyl (C=O) groups is 2. The lowest BCUT2D eigenvalue weighted by Crippen LogP contribution is -2.47. The summed E-state index contributed by atoms with van der Waals surface area (Å²) in [7, 11) is 1.18. The van der Waals surface area contributed by atoms with E-state index in [4.69, 9.17) is 13.8 Å². The highest BCUT2D eigenvalue weighted by atomic mass is 31.2. The highest BCUT2D eigenvalue weighted by Crippen LogP contribution is 2.38. The van der Waals surface area contributed by atoms with E-state index in [2.05, 4.69) is 62.5 Å². The van der Waals surface area contributed by atoms with E-state index in [1.807, 2.05) is 33.3 Å². The number of phosphoric ester groups is 1. The van der Waals surface area contributed by atoms with Gasteiger partial charge >= 0.3 is 5.97 Å². The van der Waals surface area contributed by atoms with Gasteiger partial charge in [-0.1, -0.05) is 301 Å². The lowest BCUT2D eigenvalue weighted by Gasteiger charge is -2.30. The average Bonchev–Trinajstić information content (AvgIpc) is 3.41. The molecule has 3 unspecified atom stereocenters. The van der Waals surface area contributed by atoms with Crippen molar-refractivity contribution in [2.45, 2.75) is 341 Å². The minimum atomic E-state index is -4.70. The summed E-state index contributed by atoms with van der Waals surface area (Å²) in [6.45, 7) is 6.75. The zero-order valence-electron chi connectivity index (χ0n) is 53.1. The van der Waals surface area contributed by atoms with Crippen molar-refractivity contribution in [2.75, 3.05) is 40.9 Å². The van der Waals surface area contributed by atoms with Crippen LogP contribution in [0.5, 0.6) is 0 Å². The van der Waals surface area contributed by atoms with Crippen molar-refractivity contribution >= 4 is 19.7 Å². The number of allylic oxidation sites excluding steroid dienone is 7. The molecule has 0 spiro atoms. The Kier molecular flexibility index (Phi) is 57.6. The molecule has 0 aliphatic heterocycles. The first kappa shape index (κ1) is 77.0. The highest BCUT2D eigenvalue weighted by molar-refractivity contribution is 7.45. The monoisotopic (exact) mass is 1130 g/mol. The summed E-state index contributed by atoms with van der Waals surface area (Å²) in [6.07, 6.45) is 73.9. The molecule has 9 nitrogen and oxygen atoms in total.